The SMILES string of the molecule is COc1cccc(CC(=O)N2CCCC2c2ccc(OC)cc2OC)c1. The van der Waals surface area contributed by atoms with Gasteiger partial charge in [-0.05, 0) is 42.7 Å². The summed E-state index contributed by atoms with van der Waals surface area (Å²) in [7, 11) is 4.91. The Labute approximate surface area is 154 Å². The number of hydrogen-bond donors (Lipinski definition) is 0. The van der Waals surface area contributed by atoms with Gasteiger partial charge < -0.3 is 19.1 Å². The number of carbonyl (C=O) groups excluding carboxylic acids is 1. The summed E-state index contributed by atoms with van der Waals surface area (Å²) in [5, 5.41) is 0. The van der Waals surface area contributed by atoms with Crippen molar-refractivity contribution in [2.24, 2.45) is 0 Å². The second-order valence-corrected chi connectivity index (χ2v) is 6.38. The van der Waals surface area contributed by atoms with E-state index in [1.54, 1.807) is 21.3 Å². The van der Waals surface area contributed by atoms with Gasteiger partial charge in [-0.3, -0.25) is 4.79 Å². The normalized spacial score (nSPS) is 16.4. The summed E-state index contributed by atoms with van der Waals surface area (Å²) in [6.07, 6.45) is 2.29. The summed E-state index contributed by atoms with van der Waals surface area (Å²) >= 11 is 0. The molecule has 3 rings (SSSR count). The van der Waals surface area contributed by atoms with E-state index in [1.807, 2.05) is 47.4 Å². The second kappa shape index (κ2) is 8.13. The third-order valence-electron chi connectivity index (χ3n) is 4.86. The first-order valence-corrected chi connectivity index (χ1v) is 8.80. The van der Waals surface area contributed by atoms with Crippen LogP contribution in [0.15, 0.2) is 42.5 Å². The Morgan fingerprint density at radius 1 is 1.04 bits per heavy atom. The first-order chi connectivity index (χ1) is 12.7. The van der Waals surface area contributed by atoms with Crippen LogP contribution in [0.5, 0.6) is 17.2 Å². The molecule has 0 N–H and O–H groups in total. The fourth-order valence-electron chi connectivity index (χ4n) is 3.54. The first kappa shape index (κ1) is 18.1. The summed E-state index contributed by atoms with van der Waals surface area (Å²) in [5.41, 5.74) is 1.99. The third kappa shape index (κ3) is 3.77. The Morgan fingerprint density at radius 2 is 1.81 bits per heavy atom. The maximum Gasteiger partial charge on any atom is 0.227 e. The molecule has 0 spiro atoms. The van der Waals surface area contributed by atoms with Gasteiger partial charge in [0.25, 0.3) is 0 Å². The molecule has 0 aliphatic carbocycles. The number of likely N-dealkylation sites (tertiary alicyclic amines) is 1. The molecular formula is C21H25NO4. The van der Waals surface area contributed by atoms with Gasteiger partial charge in [0.15, 0.2) is 0 Å². The first-order valence-electron chi connectivity index (χ1n) is 8.80. The molecule has 1 atom stereocenters. The van der Waals surface area contributed by atoms with Crippen molar-refractivity contribution in [2.45, 2.75) is 25.3 Å². The van der Waals surface area contributed by atoms with Gasteiger partial charge in [0.2, 0.25) is 5.91 Å². The minimum atomic E-state index is 0.0361. The van der Waals surface area contributed by atoms with Gasteiger partial charge >= 0.3 is 0 Å². The van der Waals surface area contributed by atoms with E-state index < -0.39 is 0 Å². The third-order valence-corrected chi connectivity index (χ3v) is 4.86. The van der Waals surface area contributed by atoms with Gasteiger partial charge in [0.1, 0.15) is 17.2 Å². The Kier molecular flexibility index (Phi) is 5.66. The molecule has 1 aliphatic rings. The maximum atomic E-state index is 12.9. The van der Waals surface area contributed by atoms with Crippen molar-refractivity contribution in [3.8, 4) is 17.2 Å². The summed E-state index contributed by atoms with van der Waals surface area (Å²) in [4.78, 5) is 14.9. The summed E-state index contributed by atoms with van der Waals surface area (Å²) in [5.74, 6) is 2.40. The molecule has 0 bridgehead atoms. The van der Waals surface area contributed by atoms with E-state index in [4.69, 9.17) is 14.2 Å². The van der Waals surface area contributed by atoms with Crippen molar-refractivity contribution < 1.29 is 19.0 Å². The largest absolute Gasteiger partial charge is 0.497 e. The zero-order valence-corrected chi connectivity index (χ0v) is 15.5. The van der Waals surface area contributed by atoms with Crippen LogP contribution < -0.4 is 14.2 Å². The number of amides is 1. The number of benzene rings is 2. The smallest absolute Gasteiger partial charge is 0.227 e. The standard InChI is InChI=1S/C21H25NO4/c1-24-16-7-4-6-15(12-16)13-21(23)22-11-5-8-19(22)18-10-9-17(25-2)14-20(18)26-3/h4,6-7,9-10,12,14,19H,5,8,11,13H2,1-3H3. The van der Waals surface area contributed by atoms with Crippen LogP contribution in [-0.4, -0.2) is 38.7 Å². The Morgan fingerprint density at radius 3 is 2.54 bits per heavy atom. The molecule has 26 heavy (non-hydrogen) atoms. The van der Waals surface area contributed by atoms with Gasteiger partial charge in [0, 0.05) is 18.2 Å². The molecule has 1 aliphatic heterocycles. The van der Waals surface area contributed by atoms with Crippen LogP contribution in [0.1, 0.15) is 30.0 Å². The Bertz CT molecular complexity index is 774. The molecule has 5 nitrogen and oxygen atoms in total. The zero-order chi connectivity index (χ0) is 18.5. The molecule has 1 amide bonds. The molecule has 2 aromatic rings. The van der Waals surface area contributed by atoms with Crippen molar-refractivity contribution in [1.29, 1.82) is 0 Å². The molecule has 0 radical (unpaired) electrons. The zero-order valence-electron chi connectivity index (χ0n) is 15.5. The van der Waals surface area contributed by atoms with Gasteiger partial charge in [-0.2, -0.15) is 0 Å². The van der Waals surface area contributed by atoms with E-state index in [0.717, 1.165) is 47.8 Å². The molecule has 0 aromatic heterocycles. The molecule has 0 saturated carbocycles. The van der Waals surface area contributed by atoms with Gasteiger partial charge in [-0.25, -0.2) is 0 Å². The topological polar surface area (TPSA) is 48.0 Å². The van der Waals surface area contributed by atoms with E-state index in [-0.39, 0.29) is 11.9 Å². The van der Waals surface area contributed by atoms with E-state index in [9.17, 15) is 4.79 Å². The number of methoxy groups -OCH3 is 3. The van der Waals surface area contributed by atoms with Crippen LogP contribution >= 0.6 is 0 Å². The van der Waals surface area contributed by atoms with Crippen molar-refractivity contribution in [3.05, 3.63) is 53.6 Å². The monoisotopic (exact) mass is 355 g/mol. The maximum absolute atomic E-state index is 12.9. The molecule has 1 saturated heterocycles. The molecule has 138 valence electrons. The highest BCUT2D eigenvalue weighted by atomic mass is 16.5. The van der Waals surface area contributed by atoms with Gasteiger partial charge in [-0.1, -0.05) is 12.1 Å². The van der Waals surface area contributed by atoms with Crippen molar-refractivity contribution >= 4 is 5.91 Å². The molecule has 2 aromatic carbocycles. The lowest BCUT2D eigenvalue weighted by atomic mass is 10.0. The number of ether oxygens (including phenoxy) is 3. The van der Waals surface area contributed by atoms with Crippen molar-refractivity contribution in [1.82, 2.24) is 4.90 Å². The minimum Gasteiger partial charge on any atom is -0.497 e. The summed E-state index contributed by atoms with van der Waals surface area (Å²) < 4.78 is 16.1. The van der Waals surface area contributed by atoms with Crippen molar-refractivity contribution in [2.75, 3.05) is 27.9 Å². The molecule has 5 heteroatoms. The van der Waals surface area contributed by atoms with Crippen LogP contribution in [0.3, 0.4) is 0 Å². The average Bonchev–Trinajstić information content (AvgIpc) is 3.17. The summed E-state index contributed by atoms with van der Waals surface area (Å²) in [6.45, 7) is 0.767. The fourth-order valence-corrected chi connectivity index (χ4v) is 3.54. The van der Waals surface area contributed by atoms with Crippen LogP contribution in [0.4, 0.5) is 0 Å². The lowest BCUT2D eigenvalue weighted by Crippen LogP contribution is -2.32. The number of carbonyl (C=O) groups is 1. The average molecular weight is 355 g/mol. The number of rotatable bonds is 6. The van der Waals surface area contributed by atoms with Crippen LogP contribution in [0.2, 0.25) is 0 Å². The van der Waals surface area contributed by atoms with Crippen LogP contribution in [-0.2, 0) is 11.2 Å². The predicted octanol–water partition coefficient (Wildman–Crippen LogP) is 3.62. The Balaban J connectivity index is 1.80. The van der Waals surface area contributed by atoms with E-state index in [0.29, 0.717) is 6.42 Å². The fraction of sp³-hybridized carbons (Fsp3) is 0.381. The van der Waals surface area contributed by atoms with Crippen LogP contribution in [0, 0.1) is 0 Å². The molecule has 1 heterocycles. The Hall–Kier alpha value is -2.69. The quantitative estimate of drug-likeness (QED) is 0.794. The van der Waals surface area contributed by atoms with Gasteiger partial charge in [0.05, 0.1) is 33.8 Å². The lowest BCUT2D eigenvalue weighted by Gasteiger charge is -2.26. The highest BCUT2D eigenvalue weighted by molar-refractivity contribution is 5.79. The second-order valence-electron chi connectivity index (χ2n) is 6.38. The van der Waals surface area contributed by atoms with E-state index in [1.165, 1.54) is 0 Å². The highest BCUT2D eigenvalue weighted by Gasteiger charge is 2.31. The van der Waals surface area contributed by atoms with Crippen LogP contribution in [0.25, 0.3) is 0 Å². The minimum absolute atomic E-state index is 0.0361. The predicted molar refractivity (Wildman–Crippen MR) is 99.9 cm³/mol. The molecule has 1 unspecified atom stereocenters. The molecule has 1 fully saturated rings. The van der Waals surface area contributed by atoms with Gasteiger partial charge in [-0.15, -0.1) is 0 Å². The van der Waals surface area contributed by atoms with Crippen molar-refractivity contribution in [3.63, 3.8) is 0 Å². The van der Waals surface area contributed by atoms with E-state index in [2.05, 4.69) is 0 Å². The highest BCUT2D eigenvalue weighted by Crippen LogP contribution is 2.39. The number of nitrogens with zero attached hydrogens (tertiary/aromatic N) is 1. The molecular weight excluding hydrogens is 330 g/mol. The number of hydrogen-bond acceptors (Lipinski definition) is 4. The summed E-state index contributed by atoms with van der Waals surface area (Å²) in [6, 6.07) is 13.5. The van der Waals surface area contributed by atoms with E-state index >= 15 is 0 Å². The lowest BCUT2D eigenvalue weighted by molar-refractivity contribution is -0.131.